The normalized spacial score (nSPS) is 10.5. The average Bonchev–Trinajstić information content (AvgIpc) is 2.54. The maximum atomic E-state index is 5.32. The van der Waals surface area contributed by atoms with Gasteiger partial charge in [0.15, 0.2) is 11.3 Å². The van der Waals surface area contributed by atoms with Gasteiger partial charge in [-0.15, -0.1) is 0 Å². The highest BCUT2D eigenvalue weighted by Gasteiger charge is 2.11. The van der Waals surface area contributed by atoms with E-state index in [-0.39, 0.29) is 0 Å². The zero-order chi connectivity index (χ0) is 13.9. The van der Waals surface area contributed by atoms with E-state index in [4.69, 9.17) is 9.47 Å². The van der Waals surface area contributed by atoms with Crippen molar-refractivity contribution in [2.75, 3.05) is 14.2 Å². The lowest BCUT2D eigenvalue weighted by molar-refractivity contribution is 0.392. The lowest BCUT2D eigenvalue weighted by Gasteiger charge is -2.08. The predicted octanol–water partition coefficient (Wildman–Crippen LogP) is 2.71. The fourth-order valence-electron chi connectivity index (χ4n) is 1.94. The molecule has 0 spiro atoms. The molecule has 0 aliphatic carbocycles. The van der Waals surface area contributed by atoms with E-state index < -0.39 is 0 Å². The minimum absolute atomic E-state index is 0.438. The van der Waals surface area contributed by atoms with Crippen LogP contribution >= 0.6 is 0 Å². The Morgan fingerprint density at radius 1 is 0.800 bits per heavy atom. The third kappa shape index (κ3) is 2.14. The van der Waals surface area contributed by atoms with Gasteiger partial charge >= 0.3 is 0 Å². The minimum atomic E-state index is 0.438. The molecule has 3 aromatic rings. The Morgan fingerprint density at radius 3 is 2.30 bits per heavy atom. The molecule has 20 heavy (non-hydrogen) atoms. The van der Waals surface area contributed by atoms with E-state index >= 15 is 0 Å². The van der Waals surface area contributed by atoms with E-state index in [2.05, 4.69) is 15.0 Å². The van der Waals surface area contributed by atoms with Crippen LogP contribution in [0, 0.1) is 0 Å². The molecule has 100 valence electrons. The molecule has 0 saturated heterocycles. The van der Waals surface area contributed by atoms with Crippen molar-refractivity contribution in [2.24, 2.45) is 0 Å². The SMILES string of the molecule is COc1ccc2nc(-c3ccccc3)nc(OC)c2n1. The molecule has 0 unspecified atom stereocenters. The van der Waals surface area contributed by atoms with Crippen molar-refractivity contribution in [3.63, 3.8) is 0 Å². The van der Waals surface area contributed by atoms with Crippen LogP contribution in [0.5, 0.6) is 11.8 Å². The summed E-state index contributed by atoms with van der Waals surface area (Å²) in [5, 5.41) is 0. The zero-order valence-electron chi connectivity index (χ0n) is 11.2. The Bertz CT molecular complexity index is 745. The van der Waals surface area contributed by atoms with Crippen LogP contribution in [-0.4, -0.2) is 29.2 Å². The molecule has 1 aromatic carbocycles. The number of pyridine rings is 1. The molecule has 0 bridgehead atoms. The molecule has 5 nitrogen and oxygen atoms in total. The molecule has 0 aliphatic rings. The highest BCUT2D eigenvalue weighted by Crippen LogP contribution is 2.26. The van der Waals surface area contributed by atoms with Crippen LogP contribution < -0.4 is 9.47 Å². The van der Waals surface area contributed by atoms with Crippen LogP contribution in [0.1, 0.15) is 0 Å². The van der Waals surface area contributed by atoms with Gasteiger partial charge in [-0.05, 0) is 6.07 Å². The Kier molecular flexibility index (Phi) is 3.16. The van der Waals surface area contributed by atoms with Crippen LogP contribution in [0.25, 0.3) is 22.4 Å². The van der Waals surface area contributed by atoms with Crippen molar-refractivity contribution in [2.45, 2.75) is 0 Å². The van der Waals surface area contributed by atoms with Gasteiger partial charge in [-0.25, -0.2) is 9.97 Å². The average molecular weight is 267 g/mol. The third-order valence-electron chi connectivity index (χ3n) is 2.92. The summed E-state index contributed by atoms with van der Waals surface area (Å²) in [7, 11) is 3.14. The van der Waals surface area contributed by atoms with Crippen molar-refractivity contribution in [3.8, 4) is 23.1 Å². The molecule has 0 atom stereocenters. The van der Waals surface area contributed by atoms with Gasteiger partial charge < -0.3 is 9.47 Å². The zero-order valence-corrected chi connectivity index (χ0v) is 11.2. The topological polar surface area (TPSA) is 57.1 Å². The highest BCUT2D eigenvalue weighted by atomic mass is 16.5. The molecule has 0 saturated carbocycles. The Balaban J connectivity index is 2.22. The van der Waals surface area contributed by atoms with E-state index in [1.54, 1.807) is 20.3 Å². The summed E-state index contributed by atoms with van der Waals surface area (Å²) in [5.41, 5.74) is 2.24. The van der Waals surface area contributed by atoms with E-state index in [0.29, 0.717) is 23.1 Å². The molecule has 0 radical (unpaired) electrons. The second-order valence-corrected chi connectivity index (χ2v) is 4.14. The maximum absolute atomic E-state index is 5.32. The predicted molar refractivity (Wildman–Crippen MR) is 75.9 cm³/mol. The smallest absolute Gasteiger partial charge is 0.244 e. The molecular weight excluding hydrogens is 254 g/mol. The van der Waals surface area contributed by atoms with E-state index in [1.165, 1.54) is 0 Å². The van der Waals surface area contributed by atoms with Crippen LogP contribution in [-0.2, 0) is 0 Å². The quantitative estimate of drug-likeness (QED) is 0.730. The standard InChI is InChI=1S/C15H13N3O2/c1-19-12-9-8-11-13(17-12)15(20-2)18-14(16-11)10-6-4-3-5-7-10/h3-9H,1-2H3. The summed E-state index contributed by atoms with van der Waals surface area (Å²) in [5.74, 6) is 1.56. The minimum Gasteiger partial charge on any atom is -0.481 e. The van der Waals surface area contributed by atoms with Gasteiger partial charge in [-0.2, -0.15) is 4.98 Å². The van der Waals surface area contributed by atoms with E-state index in [1.807, 2.05) is 36.4 Å². The van der Waals surface area contributed by atoms with Gasteiger partial charge in [0.2, 0.25) is 11.8 Å². The first kappa shape index (κ1) is 12.3. The first-order chi connectivity index (χ1) is 9.81. The fourth-order valence-corrected chi connectivity index (χ4v) is 1.94. The van der Waals surface area contributed by atoms with Gasteiger partial charge in [-0.3, -0.25) is 0 Å². The van der Waals surface area contributed by atoms with Crippen LogP contribution in [0.4, 0.5) is 0 Å². The van der Waals surface area contributed by atoms with Gasteiger partial charge in [0.1, 0.15) is 0 Å². The van der Waals surface area contributed by atoms with Crippen molar-refractivity contribution < 1.29 is 9.47 Å². The molecule has 2 aromatic heterocycles. The third-order valence-corrected chi connectivity index (χ3v) is 2.92. The lowest BCUT2D eigenvalue weighted by atomic mass is 10.2. The fraction of sp³-hybridized carbons (Fsp3) is 0.133. The lowest BCUT2D eigenvalue weighted by Crippen LogP contribution is -1.98. The molecule has 2 heterocycles. The van der Waals surface area contributed by atoms with Gasteiger partial charge in [0.05, 0.1) is 19.7 Å². The Labute approximate surface area is 116 Å². The molecule has 0 N–H and O–H groups in total. The van der Waals surface area contributed by atoms with E-state index in [0.717, 1.165) is 11.1 Å². The number of benzene rings is 1. The van der Waals surface area contributed by atoms with Crippen LogP contribution in [0.2, 0.25) is 0 Å². The molecule has 3 rings (SSSR count). The van der Waals surface area contributed by atoms with Crippen molar-refractivity contribution in [3.05, 3.63) is 42.5 Å². The molecular formula is C15H13N3O2. The second kappa shape index (κ2) is 5.13. The number of methoxy groups -OCH3 is 2. The largest absolute Gasteiger partial charge is 0.481 e. The number of ether oxygens (including phenoxy) is 2. The maximum Gasteiger partial charge on any atom is 0.244 e. The number of fused-ring (bicyclic) bond motifs is 1. The number of hydrogen-bond donors (Lipinski definition) is 0. The Hall–Kier alpha value is -2.69. The highest BCUT2D eigenvalue weighted by molar-refractivity contribution is 5.81. The van der Waals surface area contributed by atoms with Crippen molar-refractivity contribution >= 4 is 11.0 Å². The molecule has 0 fully saturated rings. The number of hydrogen-bond acceptors (Lipinski definition) is 5. The van der Waals surface area contributed by atoms with Crippen molar-refractivity contribution in [1.29, 1.82) is 0 Å². The number of aromatic nitrogens is 3. The van der Waals surface area contributed by atoms with Crippen molar-refractivity contribution in [1.82, 2.24) is 15.0 Å². The summed E-state index contributed by atoms with van der Waals surface area (Å²) in [6.45, 7) is 0. The summed E-state index contributed by atoms with van der Waals surface area (Å²) in [4.78, 5) is 13.3. The van der Waals surface area contributed by atoms with E-state index in [9.17, 15) is 0 Å². The second-order valence-electron chi connectivity index (χ2n) is 4.14. The summed E-state index contributed by atoms with van der Waals surface area (Å²) in [6, 6.07) is 13.4. The number of nitrogens with zero attached hydrogens (tertiary/aromatic N) is 3. The summed E-state index contributed by atoms with van der Waals surface area (Å²) >= 11 is 0. The Morgan fingerprint density at radius 2 is 1.60 bits per heavy atom. The first-order valence-electron chi connectivity index (χ1n) is 6.14. The monoisotopic (exact) mass is 267 g/mol. The number of rotatable bonds is 3. The summed E-state index contributed by atoms with van der Waals surface area (Å²) < 4.78 is 10.4. The molecule has 5 heteroatoms. The first-order valence-corrected chi connectivity index (χ1v) is 6.14. The molecule has 0 aliphatic heterocycles. The van der Waals surface area contributed by atoms with Gasteiger partial charge in [0, 0.05) is 11.6 Å². The van der Waals surface area contributed by atoms with Crippen LogP contribution in [0.3, 0.4) is 0 Å². The molecule has 0 amide bonds. The van der Waals surface area contributed by atoms with Gasteiger partial charge in [-0.1, -0.05) is 30.3 Å². The van der Waals surface area contributed by atoms with Gasteiger partial charge in [0.25, 0.3) is 0 Å². The summed E-state index contributed by atoms with van der Waals surface area (Å²) in [6.07, 6.45) is 0. The van der Waals surface area contributed by atoms with Crippen LogP contribution in [0.15, 0.2) is 42.5 Å².